The number of amides is 1. The predicted octanol–water partition coefficient (Wildman–Crippen LogP) is 0.213. The van der Waals surface area contributed by atoms with Crippen molar-refractivity contribution in [2.75, 3.05) is 19.7 Å². The lowest BCUT2D eigenvalue weighted by Gasteiger charge is -2.11. The van der Waals surface area contributed by atoms with Crippen LogP contribution in [0.3, 0.4) is 0 Å². The van der Waals surface area contributed by atoms with Crippen LogP contribution in [-0.2, 0) is 4.79 Å². The van der Waals surface area contributed by atoms with E-state index < -0.39 is 6.10 Å². The molecule has 0 saturated carbocycles. The van der Waals surface area contributed by atoms with Crippen LogP contribution in [0.2, 0.25) is 0 Å². The van der Waals surface area contributed by atoms with Gasteiger partial charge in [-0.25, -0.2) is 0 Å². The van der Waals surface area contributed by atoms with Crippen LogP contribution < -0.4 is 15.4 Å². The standard InChI is InChI=1S/C14H20N2O3/c1-10-2-4-12(5-3-10)19-7-6-15-14(18)13-8-11(17)9-16-13/h2-5,11,13,16-17H,6-9H2,1H3,(H,15,18). The van der Waals surface area contributed by atoms with Gasteiger partial charge in [0.2, 0.25) is 5.91 Å². The number of carbonyl (C=O) groups is 1. The van der Waals surface area contributed by atoms with Crippen LogP contribution in [0, 0.1) is 6.92 Å². The lowest BCUT2D eigenvalue weighted by molar-refractivity contribution is -0.123. The summed E-state index contributed by atoms with van der Waals surface area (Å²) in [5.41, 5.74) is 1.19. The number of rotatable bonds is 5. The second-order valence-electron chi connectivity index (χ2n) is 4.80. The molecule has 3 N–H and O–H groups in total. The SMILES string of the molecule is Cc1ccc(OCCNC(=O)C2CC(O)CN2)cc1. The molecule has 1 fully saturated rings. The largest absolute Gasteiger partial charge is 0.492 e. The maximum Gasteiger partial charge on any atom is 0.237 e. The molecule has 1 amide bonds. The molecule has 0 bridgehead atoms. The molecule has 1 aromatic rings. The van der Waals surface area contributed by atoms with Crippen molar-refractivity contribution in [1.29, 1.82) is 0 Å². The van der Waals surface area contributed by atoms with E-state index in [1.807, 2.05) is 31.2 Å². The predicted molar refractivity (Wildman–Crippen MR) is 72.1 cm³/mol. The highest BCUT2D eigenvalue weighted by Gasteiger charge is 2.27. The third kappa shape index (κ3) is 4.22. The summed E-state index contributed by atoms with van der Waals surface area (Å²) in [7, 11) is 0. The van der Waals surface area contributed by atoms with Crippen LogP contribution >= 0.6 is 0 Å². The van der Waals surface area contributed by atoms with E-state index in [1.54, 1.807) is 0 Å². The van der Waals surface area contributed by atoms with Gasteiger partial charge in [-0.1, -0.05) is 17.7 Å². The fraction of sp³-hybridized carbons (Fsp3) is 0.500. The lowest BCUT2D eigenvalue weighted by Crippen LogP contribution is -2.41. The first-order chi connectivity index (χ1) is 9.15. The molecule has 5 heteroatoms. The molecule has 0 spiro atoms. The molecule has 0 radical (unpaired) electrons. The number of nitrogens with one attached hydrogen (secondary N) is 2. The number of aliphatic hydroxyl groups is 1. The molecular formula is C14H20N2O3. The van der Waals surface area contributed by atoms with Gasteiger partial charge in [-0.05, 0) is 25.5 Å². The molecule has 2 unspecified atom stereocenters. The number of hydrogen-bond donors (Lipinski definition) is 3. The zero-order valence-electron chi connectivity index (χ0n) is 11.1. The Kier molecular flexibility index (Phi) is 4.76. The minimum absolute atomic E-state index is 0.0796. The van der Waals surface area contributed by atoms with Crippen molar-refractivity contribution < 1.29 is 14.6 Å². The normalized spacial score (nSPS) is 22.2. The van der Waals surface area contributed by atoms with Crippen molar-refractivity contribution in [3.63, 3.8) is 0 Å². The minimum atomic E-state index is -0.417. The third-order valence-corrected chi connectivity index (χ3v) is 3.12. The summed E-state index contributed by atoms with van der Waals surface area (Å²) < 4.78 is 5.51. The van der Waals surface area contributed by atoms with Gasteiger partial charge >= 0.3 is 0 Å². The molecule has 1 aliphatic heterocycles. The summed E-state index contributed by atoms with van der Waals surface area (Å²) in [6.07, 6.45) is 0.0598. The van der Waals surface area contributed by atoms with Crippen LogP contribution in [0.4, 0.5) is 0 Å². The second kappa shape index (κ2) is 6.54. The Bertz CT molecular complexity index is 419. The van der Waals surface area contributed by atoms with E-state index in [1.165, 1.54) is 5.56 Å². The van der Waals surface area contributed by atoms with Crippen molar-refractivity contribution in [3.8, 4) is 5.75 Å². The summed E-state index contributed by atoms with van der Waals surface area (Å²) in [5.74, 6) is 0.721. The first-order valence-corrected chi connectivity index (χ1v) is 6.54. The number of benzene rings is 1. The average Bonchev–Trinajstić information content (AvgIpc) is 2.83. The van der Waals surface area contributed by atoms with E-state index in [9.17, 15) is 9.90 Å². The molecule has 1 heterocycles. The van der Waals surface area contributed by atoms with E-state index >= 15 is 0 Å². The quantitative estimate of drug-likeness (QED) is 0.665. The molecule has 2 rings (SSSR count). The summed E-state index contributed by atoms with van der Waals surface area (Å²) in [6.45, 7) is 3.40. The number of aryl methyl sites for hydroxylation is 1. The maximum atomic E-state index is 11.7. The van der Waals surface area contributed by atoms with Gasteiger partial charge in [-0.3, -0.25) is 4.79 Å². The topological polar surface area (TPSA) is 70.6 Å². The Morgan fingerprint density at radius 3 is 2.84 bits per heavy atom. The summed E-state index contributed by atoms with van der Waals surface area (Å²) in [5, 5.41) is 15.1. The fourth-order valence-corrected chi connectivity index (χ4v) is 2.02. The Morgan fingerprint density at radius 1 is 1.47 bits per heavy atom. The molecule has 2 atom stereocenters. The summed E-state index contributed by atoms with van der Waals surface area (Å²) in [4.78, 5) is 11.7. The smallest absolute Gasteiger partial charge is 0.237 e. The fourth-order valence-electron chi connectivity index (χ4n) is 2.02. The number of carbonyl (C=O) groups excluding carboxylic acids is 1. The Labute approximate surface area is 113 Å². The van der Waals surface area contributed by atoms with Crippen molar-refractivity contribution in [1.82, 2.24) is 10.6 Å². The van der Waals surface area contributed by atoms with Crippen LogP contribution in [0.15, 0.2) is 24.3 Å². The van der Waals surface area contributed by atoms with E-state index in [-0.39, 0.29) is 11.9 Å². The highest BCUT2D eigenvalue weighted by Crippen LogP contribution is 2.11. The van der Waals surface area contributed by atoms with Gasteiger partial charge in [0.15, 0.2) is 0 Å². The van der Waals surface area contributed by atoms with Crippen LogP contribution in [0.1, 0.15) is 12.0 Å². The highest BCUT2D eigenvalue weighted by molar-refractivity contribution is 5.82. The summed E-state index contributed by atoms with van der Waals surface area (Å²) in [6, 6.07) is 7.50. The van der Waals surface area contributed by atoms with Crippen molar-refractivity contribution in [3.05, 3.63) is 29.8 Å². The molecule has 5 nitrogen and oxygen atoms in total. The van der Waals surface area contributed by atoms with E-state index in [4.69, 9.17) is 4.74 Å². The monoisotopic (exact) mass is 264 g/mol. The maximum absolute atomic E-state index is 11.7. The van der Waals surface area contributed by atoms with E-state index in [0.29, 0.717) is 26.1 Å². The zero-order valence-corrected chi connectivity index (χ0v) is 11.1. The van der Waals surface area contributed by atoms with E-state index in [2.05, 4.69) is 10.6 Å². The molecule has 0 aromatic heterocycles. The molecule has 104 valence electrons. The van der Waals surface area contributed by atoms with Gasteiger partial charge < -0.3 is 20.5 Å². The zero-order chi connectivity index (χ0) is 13.7. The van der Waals surface area contributed by atoms with Crippen molar-refractivity contribution >= 4 is 5.91 Å². The summed E-state index contributed by atoms with van der Waals surface area (Å²) >= 11 is 0. The van der Waals surface area contributed by atoms with Crippen molar-refractivity contribution in [2.24, 2.45) is 0 Å². The Morgan fingerprint density at radius 2 is 2.21 bits per heavy atom. The number of ether oxygens (including phenoxy) is 1. The highest BCUT2D eigenvalue weighted by atomic mass is 16.5. The van der Waals surface area contributed by atoms with Gasteiger partial charge in [0.1, 0.15) is 12.4 Å². The van der Waals surface area contributed by atoms with Gasteiger partial charge in [-0.15, -0.1) is 0 Å². The van der Waals surface area contributed by atoms with Crippen LogP contribution in [-0.4, -0.2) is 42.9 Å². The lowest BCUT2D eigenvalue weighted by atomic mass is 10.2. The first kappa shape index (κ1) is 13.8. The Balaban J connectivity index is 1.64. The minimum Gasteiger partial charge on any atom is -0.492 e. The van der Waals surface area contributed by atoms with Gasteiger partial charge in [0.05, 0.1) is 18.7 Å². The van der Waals surface area contributed by atoms with Crippen molar-refractivity contribution in [2.45, 2.75) is 25.5 Å². The molecule has 1 aliphatic rings. The Hall–Kier alpha value is -1.59. The molecule has 19 heavy (non-hydrogen) atoms. The first-order valence-electron chi connectivity index (χ1n) is 6.54. The number of aliphatic hydroxyl groups excluding tert-OH is 1. The second-order valence-corrected chi connectivity index (χ2v) is 4.80. The number of β-amino-alcohol motifs (C(OH)–C–C–N with tert-alkyl or cyclic N) is 1. The molecular weight excluding hydrogens is 244 g/mol. The van der Waals surface area contributed by atoms with Crippen LogP contribution in [0.25, 0.3) is 0 Å². The third-order valence-electron chi connectivity index (χ3n) is 3.12. The molecule has 0 aliphatic carbocycles. The average molecular weight is 264 g/mol. The molecule has 1 saturated heterocycles. The number of hydrogen-bond acceptors (Lipinski definition) is 4. The van der Waals surface area contributed by atoms with Crippen LogP contribution in [0.5, 0.6) is 5.75 Å². The van der Waals surface area contributed by atoms with E-state index in [0.717, 1.165) is 5.75 Å². The van der Waals surface area contributed by atoms with Gasteiger partial charge in [0, 0.05) is 6.54 Å². The van der Waals surface area contributed by atoms with Gasteiger partial charge in [-0.2, -0.15) is 0 Å². The van der Waals surface area contributed by atoms with Gasteiger partial charge in [0.25, 0.3) is 0 Å². The molecule has 1 aromatic carbocycles.